The summed E-state index contributed by atoms with van der Waals surface area (Å²) in [6.07, 6.45) is 5.49. The molecule has 2 rings (SSSR count). The first kappa shape index (κ1) is 31.4. The zero-order chi connectivity index (χ0) is 27.7. The van der Waals surface area contributed by atoms with E-state index in [-0.39, 0.29) is 59.7 Å². The van der Waals surface area contributed by atoms with Gasteiger partial charge in [0.1, 0.15) is 17.9 Å². The molecular weight excluding hydrogens is 512 g/mol. The quantitative estimate of drug-likeness (QED) is 0.292. The van der Waals surface area contributed by atoms with E-state index in [1.54, 1.807) is 17.8 Å². The van der Waals surface area contributed by atoms with Crippen LogP contribution in [0.2, 0.25) is 0 Å². The van der Waals surface area contributed by atoms with Crippen LogP contribution in [-0.4, -0.2) is 70.5 Å². The molecule has 2 unspecified atom stereocenters. The summed E-state index contributed by atoms with van der Waals surface area (Å²) in [5.74, 6) is -2.14. The molecule has 8 nitrogen and oxygen atoms in total. The van der Waals surface area contributed by atoms with Gasteiger partial charge in [0.05, 0.1) is 12.0 Å². The summed E-state index contributed by atoms with van der Waals surface area (Å²) in [4.78, 5) is 65.8. The molecule has 0 aromatic heterocycles. The number of hydrogen-bond donors (Lipinski definition) is 2. The molecule has 10 heteroatoms. The Morgan fingerprint density at radius 3 is 2.32 bits per heavy atom. The number of amides is 2. The van der Waals surface area contributed by atoms with E-state index in [9.17, 15) is 24.0 Å². The fraction of sp³-hybridized carbons (Fsp3) is 0.741. The summed E-state index contributed by atoms with van der Waals surface area (Å²) < 4.78 is 5.76. The van der Waals surface area contributed by atoms with E-state index in [4.69, 9.17) is 4.74 Å². The Bertz CT molecular complexity index is 875. The maximum Gasteiger partial charge on any atom is 0.329 e. The van der Waals surface area contributed by atoms with Crippen LogP contribution in [0.25, 0.3) is 0 Å². The van der Waals surface area contributed by atoms with Gasteiger partial charge in [-0.3, -0.25) is 19.2 Å². The highest BCUT2D eigenvalue weighted by molar-refractivity contribution is 8.00. The number of allylic oxidation sites excluding steroid dienone is 1. The number of rotatable bonds is 6. The molecule has 2 N–H and O–H groups in total. The van der Waals surface area contributed by atoms with Crippen molar-refractivity contribution >= 4 is 52.9 Å². The normalized spacial score (nSPS) is 31.0. The Labute approximate surface area is 229 Å². The Hall–Kier alpha value is -1.81. The third kappa shape index (κ3) is 9.46. The van der Waals surface area contributed by atoms with Crippen molar-refractivity contribution in [2.24, 2.45) is 23.7 Å². The predicted octanol–water partition coefficient (Wildman–Crippen LogP) is 3.18. The molecule has 0 spiro atoms. The Morgan fingerprint density at radius 1 is 1.00 bits per heavy atom. The molecule has 2 aliphatic heterocycles. The molecule has 0 aliphatic carbocycles. The van der Waals surface area contributed by atoms with Gasteiger partial charge < -0.3 is 15.4 Å². The molecular formula is C27H42N2O6S2. The van der Waals surface area contributed by atoms with Crippen molar-refractivity contribution in [3.05, 3.63) is 12.2 Å². The van der Waals surface area contributed by atoms with Gasteiger partial charge in [-0.1, -0.05) is 40.7 Å². The van der Waals surface area contributed by atoms with E-state index >= 15 is 0 Å². The molecule has 6 atom stereocenters. The molecule has 2 heterocycles. The fourth-order valence-corrected chi connectivity index (χ4v) is 6.03. The van der Waals surface area contributed by atoms with Crippen LogP contribution in [0, 0.1) is 23.7 Å². The van der Waals surface area contributed by atoms with Gasteiger partial charge in [-0.2, -0.15) is 23.5 Å². The van der Waals surface area contributed by atoms with E-state index in [1.807, 2.05) is 47.0 Å². The summed E-state index contributed by atoms with van der Waals surface area (Å²) in [6.45, 7) is 9.25. The number of thioether (sulfide) groups is 2. The number of fused-ring (bicyclic) bond motifs is 3. The zero-order valence-electron chi connectivity index (χ0n) is 22.8. The second-order valence-electron chi connectivity index (χ2n) is 10.6. The van der Waals surface area contributed by atoms with Crippen LogP contribution in [-0.2, 0) is 28.7 Å². The van der Waals surface area contributed by atoms with Gasteiger partial charge in [0.2, 0.25) is 11.8 Å². The van der Waals surface area contributed by atoms with Crippen molar-refractivity contribution in [1.29, 1.82) is 0 Å². The smallest absolute Gasteiger partial charge is 0.329 e. The number of Topliss-reactive ketones (excluding diaryl/α,β-unsaturated/α-hetero) is 2. The molecule has 2 amide bonds. The zero-order valence-corrected chi connectivity index (χ0v) is 24.4. The number of ether oxygens (including phenoxy) is 1. The first-order valence-electron chi connectivity index (χ1n) is 13.1. The number of cyclic esters (lactones) is 1. The lowest BCUT2D eigenvalue weighted by molar-refractivity contribution is -0.153. The largest absolute Gasteiger partial charge is 0.456 e. The standard InChI is InChI=1S/C27H42N2O6S2/c1-15(2)20-12-18(30)11-19(9-7-8-10-36-6)35-27(34)24(16(3)4)29-26(33)21-13-23(31)22(28-25(20)32)14-37-17(21)5/h7,9,15-17,19-22,24H,8,10-14H2,1-6H3,(H,28,32)(H,29,33)/b9-7+/t17?,19-,20+,21?,22+,24-/m0/s1. The van der Waals surface area contributed by atoms with E-state index in [2.05, 4.69) is 10.6 Å². The Balaban J connectivity index is 2.43. The number of carbonyl (C=O) groups is 5. The van der Waals surface area contributed by atoms with E-state index in [0.29, 0.717) is 5.75 Å². The first-order valence-corrected chi connectivity index (χ1v) is 15.5. The second-order valence-corrected chi connectivity index (χ2v) is 13.0. The maximum absolute atomic E-state index is 13.3. The number of nitrogens with one attached hydrogen (secondary N) is 2. The van der Waals surface area contributed by atoms with Crippen molar-refractivity contribution in [3.63, 3.8) is 0 Å². The highest BCUT2D eigenvalue weighted by Crippen LogP contribution is 2.29. The van der Waals surface area contributed by atoms with E-state index in [1.165, 1.54) is 11.8 Å². The minimum Gasteiger partial charge on any atom is -0.456 e. The number of ketones is 2. The third-order valence-electron chi connectivity index (χ3n) is 6.90. The van der Waals surface area contributed by atoms with E-state index < -0.39 is 36.0 Å². The van der Waals surface area contributed by atoms with Crippen LogP contribution in [0.5, 0.6) is 0 Å². The van der Waals surface area contributed by atoms with Crippen LogP contribution in [0.1, 0.15) is 60.3 Å². The van der Waals surface area contributed by atoms with Crippen LogP contribution < -0.4 is 10.6 Å². The number of hydrogen-bond acceptors (Lipinski definition) is 8. The predicted molar refractivity (Wildman–Crippen MR) is 148 cm³/mol. The van der Waals surface area contributed by atoms with Gasteiger partial charge in [-0.05, 0) is 36.3 Å². The summed E-state index contributed by atoms with van der Waals surface area (Å²) in [7, 11) is 0. The molecule has 2 bridgehead atoms. The molecule has 2 fully saturated rings. The highest BCUT2D eigenvalue weighted by Gasteiger charge is 2.39. The molecule has 2 saturated heterocycles. The third-order valence-corrected chi connectivity index (χ3v) is 8.92. The topological polar surface area (TPSA) is 119 Å². The molecule has 0 aromatic carbocycles. The van der Waals surface area contributed by atoms with Gasteiger partial charge in [-0.15, -0.1) is 0 Å². The average Bonchev–Trinajstić information content (AvgIpc) is 2.95. The molecule has 208 valence electrons. The lowest BCUT2D eigenvalue weighted by atomic mass is 9.88. The summed E-state index contributed by atoms with van der Waals surface area (Å²) in [5.41, 5.74) is 0. The minimum atomic E-state index is -0.910. The monoisotopic (exact) mass is 554 g/mol. The summed E-state index contributed by atoms with van der Waals surface area (Å²) in [6, 6.07) is -1.63. The fourth-order valence-electron chi connectivity index (χ4n) is 4.44. The molecule has 0 radical (unpaired) electrons. The molecule has 37 heavy (non-hydrogen) atoms. The molecule has 0 aromatic rings. The Morgan fingerprint density at radius 2 is 1.70 bits per heavy atom. The van der Waals surface area contributed by atoms with Crippen LogP contribution >= 0.6 is 23.5 Å². The van der Waals surface area contributed by atoms with Gasteiger partial charge in [0.25, 0.3) is 0 Å². The summed E-state index contributed by atoms with van der Waals surface area (Å²) >= 11 is 3.14. The van der Waals surface area contributed by atoms with Gasteiger partial charge >= 0.3 is 5.97 Å². The number of esters is 1. The van der Waals surface area contributed by atoms with Crippen molar-refractivity contribution in [1.82, 2.24) is 10.6 Å². The van der Waals surface area contributed by atoms with Gasteiger partial charge in [-0.25, -0.2) is 4.79 Å². The SMILES string of the molecule is CSCC/C=C/[C@H]1CC(=O)C[C@H](C(C)C)C(=O)N[C@@H]2CSC(C)C(CC2=O)C(=O)N[C@@H](C(C)C)C(=O)O1. The van der Waals surface area contributed by atoms with Crippen LogP contribution in [0.3, 0.4) is 0 Å². The lowest BCUT2D eigenvalue weighted by Gasteiger charge is -2.27. The van der Waals surface area contributed by atoms with Gasteiger partial charge in [0, 0.05) is 36.2 Å². The molecule has 2 aliphatic rings. The first-order chi connectivity index (χ1) is 17.4. The lowest BCUT2D eigenvalue weighted by Crippen LogP contribution is -2.50. The summed E-state index contributed by atoms with van der Waals surface area (Å²) in [5, 5.41) is 5.49. The minimum absolute atomic E-state index is 0.00632. The maximum atomic E-state index is 13.3. The number of carbonyl (C=O) groups excluding carboxylic acids is 5. The average molecular weight is 555 g/mol. The van der Waals surface area contributed by atoms with Crippen LogP contribution in [0.15, 0.2) is 12.2 Å². The van der Waals surface area contributed by atoms with Crippen molar-refractivity contribution in [3.8, 4) is 0 Å². The second kappa shape index (κ2) is 15.0. The highest BCUT2D eigenvalue weighted by atomic mass is 32.2. The van der Waals surface area contributed by atoms with E-state index in [0.717, 1.165) is 12.2 Å². The van der Waals surface area contributed by atoms with Gasteiger partial charge in [0.15, 0.2) is 5.78 Å². The van der Waals surface area contributed by atoms with Crippen molar-refractivity contribution < 1.29 is 28.7 Å². The molecule has 0 saturated carbocycles. The van der Waals surface area contributed by atoms with Crippen molar-refractivity contribution in [2.45, 2.75) is 83.7 Å². The van der Waals surface area contributed by atoms with Crippen molar-refractivity contribution in [2.75, 3.05) is 17.8 Å². The van der Waals surface area contributed by atoms with Crippen LogP contribution in [0.4, 0.5) is 0 Å². The Kier molecular flexibility index (Phi) is 12.7.